The second kappa shape index (κ2) is 16.5. The first-order valence-electron chi connectivity index (χ1n) is 18.3. The fourth-order valence-electron chi connectivity index (χ4n) is 9.13. The van der Waals surface area contributed by atoms with Gasteiger partial charge in [-0.25, -0.2) is 4.79 Å². The molecule has 3 aliphatic carbocycles. The monoisotopic (exact) mass is 753 g/mol. The van der Waals surface area contributed by atoms with Crippen LogP contribution in [0.25, 0.3) is 0 Å². The lowest BCUT2D eigenvalue weighted by atomic mass is 9.49. The number of carbonyl (C=O) groups is 6. The standard InChI is InChI=1S/C41H55NO12/c1-21-30-18-29-19-31(49-23(3)43)22(2)34(40(29,8)9)36(51-25(5)45)38(53-27(7)47)41(30,10)33(50-24(4)44)20-32(21)54-39(48)37(52-26(6)46)35(42(11)12)28-16-14-13-15-17-28/h13-17,29-33,35-38H,1,18-20H2,2-12H3/t29?,30-,31+,32+,33+,35?,36-,37-,38+,41+/m1/s1. The lowest BCUT2D eigenvalue weighted by Crippen LogP contribution is -2.64. The Morgan fingerprint density at radius 3 is 1.83 bits per heavy atom. The second-order valence-electron chi connectivity index (χ2n) is 15.7. The van der Waals surface area contributed by atoms with Crippen LogP contribution in [0.3, 0.4) is 0 Å². The summed E-state index contributed by atoms with van der Waals surface area (Å²) in [6.45, 7) is 18.4. The fourth-order valence-corrected chi connectivity index (χ4v) is 9.13. The molecule has 0 aliphatic heterocycles. The third-order valence-corrected chi connectivity index (χ3v) is 11.5. The Hall–Kier alpha value is -4.52. The van der Waals surface area contributed by atoms with Gasteiger partial charge in [-0.1, -0.05) is 57.7 Å². The predicted molar refractivity (Wildman–Crippen MR) is 195 cm³/mol. The topological polar surface area (TPSA) is 161 Å². The number of hydrogen-bond donors (Lipinski definition) is 0. The lowest BCUT2D eigenvalue weighted by molar-refractivity contribution is -0.214. The molecule has 0 radical (unpaired) electrons. The Morgan fingerprint density at radius 1 is 0.741 bits per heavy atom. The van der Waals surface area contributed by atoms with Gasteiger partial charge in [-0.15, -0.1) is 0 Å². The van der Waals surface area contributed by atoms with Gasteiger partial charge < -0.3 is 28.4 Å². The third-order valence-electron chi connectivity index (χ3n) is 11.5. The Kier molecular flexibility index (Phi) is 12.9. The summed E-state index contributed by atoms with van der Waals surface area (Å²) in [4.78, 5) is 79.6. The van der Waals surface area contributed by atoms with Crippen LogP contribution in [-0.4, -0.2) is 91.4 Å². The van der Waals surface area contributed by atoms with E-state index in [-0.39, 0.29) is 12.3 Å². The van der Waals surface area contributed by atoms with Gasteiger partial charge in [0, 0.05) is 41.0 Å². The molecule has 1 aromatic rings. The van der Waals surface area contributed by atoms with Gasteiger partial charge in [0.25, 0.3) is 0 Å². The summed E-state index contributed by atoms with van der Waals surface area (Å²) in [6.07, 6.45) is -5.89. The smallest absolute Gasteiger partial charge is 0.350 e. The predicted octanol–water partition coefficient (Wildman–Crippen LogP) is 5.21. The maximum atomic E-state index is 14.3. The van der Waals surface area contributed by atoms with E-state index in [1.165, 1.54) is 34.6 Å². The minimum atomic E-state index is -1.38. The van der Waals surface area contributed by atoms with Crippen LogP contribution >= 0.6 is 0 Å². The lowest BCUT2D eigenvalue weighted by Gasteiger charge is -2.59. The van der Waals surface area contributed by atoms with Crippen LogP contribution < -0.4 is 0 Å². The maximum absolute atomic E-state index is 14.3. The van der Waals surface area contributed by atoms with Crippen LogP contribution in [0, 0.1) is 22.7 Å². The maximum Gasteiger partial charge on any atom is 0.350 e. The Balaban J connectivity index is 1.91. The SMILES string of the molecule is C=C1[C@@H](OC(=O)[C@H](OC(C)=O)C(c2ccccc2)N(C)C)C[C@H](OC(C)=O)[C@]2(C)[C@@H]1CC1C[C@H](OC(C)=O)C(C)=C([C@@H](OC(C)=O)[C@@H]2OC(C)=O)C1(C)C. The summed E-state index contributed by atoms with van der Waals surface area (Å²) >= 11 is 0. The van der Waals surface area contributed by atoms with E-state index in [4.69, 9.17) is 28.4 Å². The Morgan fingerprint density at radius 2 is 1.31 bits per heavy atom. The Bertz CT molecular complexity index is 1680. The molecule has 0 heterocycles. The number of rotatable bonds is 10. The Labute approximate surface area is 317 Å². The van der Waals surface area contributed by atoms with E-state index >= 15 is 0 Å². The van der Waals surface area contributed by atoms with Crippen molar-refractivity contribution in [1.82, 2.24) is 4.90 Å². The van der Waals surface area contributed by atoms with Gasteiger partial charge in [-0.05, 0) is 73.4 Å². The summed E-state index contributed by atoms with van der Waals surface area (Å²) in [5.74, 6) is -4.87. The zero-order valence-electron chi connectivity index (χ0n) is 33.3. The van der Waals surface area contributed by atoms with Crippen molar-refractivity contribution < 1.29 is 57.2 Å². The summed E-state index contributed by atoms with van der Waals surface area (Å²) in [7, 11) is 3.51. The minimum absolute atomic E-state index is 0.0887. The van der Waals surface area contributed by atoms with Crippen LogP contribution in [0.2, 0.25) is 0 Å². The summed E-state index contributed by atoms with van der Waals surface area (Å²) < 4.78 is 36.1. The third kappa shape index (κ3) is 8.56. The molecule has 0 amide bonds. The first kappa shape index (κ1) is 42.2. The minimum Gasteiger partial charge on any atom is -0.462 e. The highest BCUT2D eigenvalue weighted by Crippen LogP contribution is 2.61. The second-order valence-corrected chi connectivity index (χ2v) is 15.7. The molecule has 10 atom stereocenters. The van der Waals surface area contributed by atoms with Gasteiger partial charge in [-0.2, -0.15) is 0 Å². The fraction of sp³-hybridized carbons (Fsp3) is 0.610. The molecular weight excluding hydrogens is 698 g/mol. The van der Waals surface area contributed by atoms with Crippen molar-refractivity contribution in [2.75, 3.05) is 14.1 Å². The van der Waals surface area contributed by atoms with Crippen molar-refractivity contribution in [2.24, 2.45) is 22.7 Å². The molecule has 4 rings (SSSR count). The van der Waals surface area contributed by atoms with E-state index in [2.05, 4.69) is 6.58 Å². The summed E-state index contributed by atoms with van der Waals surface area (Å²) in [6, 6.07) is 8.38. The molecule has 2 bridgehead atoms. The van der Waals surface area contributed by atoms with Crippen LogP contribution in [0.15, 0.2) is 53.6 Å². The highest BCUT2D eigenvalue weighted by Gasteiger charge is 2.64. The molecule has 2 fully saturated rings. The van der Waals surface area contributed by atoms with Crippen LogP contribution in [0.4, 0.5) is 0 Å². The zero-order chi connectivity index (χ0) is 40.4. The molecule has 0 spiro atoms. The number of carbonyl (C=O) groups excluding carboxylic acids is 6. The molecule has 1 aromatic carbocycles. The number of hydrogen-bond acceptors (Lipinski definition) is 13. The molecule has 3 aliphatic rings. The van der Waals surface area contributed by atoms with Gasteiger partial charge in [0.2, 0.25) is 6.10 Å². The molecule has 2 saturated carbocycles. The molecule has 0 N–H and O–H groups in total. The van der Waals surface area contributed by atoms with Crippen molar-refractivity contribution in [3.8, 4) is 0 Å². The summed E-state index contributed by atoms with van der Waals surface area (Å²) in [5.41, 5.74) is 0.499. The molecule has 0 saturated heterocycles. The van der Waals surface area contributed by atoms with E-state index in [9.17, 15) is 28.8 Å². The molecule has 13 nitrogen and oxygen atoms in total. The van der Waals surface area contributed by atoms with Crippen molar-refractivity contribution in [2.45, 2.75) is 124 Å². The van der Waals surface area contributed by atoms with Crippen molar-refractivity contribution in [1.29, 1.82) is 0 Å². The highest BCUT2D eigenvalue weighted by molar-refractivity contribution is 5.80. The molecule has 54 heavy (non-hydrogen) atoms. The van der Waals surface area contributed by atoms with Gasteiger partial charge in [-0.3, -0.25) is 28.9 Å². The van der Waals surface area contributed by atoms with E-state index in [0.717, 1.165) is 0 Å². The van der Waals surface area contributed by atoms with E-state index in [1.807, 2.05) is 58.0 Å². The number of fused-ring (bicyclic) bond motifs is 3. The van der Waals surface area contributed by atoms with Gasteiger partial charge in [0.1, 0.15) is 18.3 Å². The quantitative estimate of drug-likeness (QED) is 0.174. The molecule has 13 heteroatoms. The van der Waals surface area contributed by atoms with Crippen molar-refractivity contribution in [3.63, 3.8) is 0 Å². The number of likely N-dealkylation sites (N-methyl/N-ethyl adjacent to an activating group) is 1. The average Bonchev–Trinajstić information content (AvgIpc) is 3.04. The molecule has 2 unspecified atom stereocenters. The highest BCUT2D eigenvalue weighted by atomic mass is 16.6. The number of ether oxygens (including phenoxy) is 6. The van der Waals surface area contributed by atoms with Gasteiger partial charge in [0.15, 0.2) is 12.2 Å². The number of nitrogens with zero attached hydrogens (tertiary/aromatic N) is 1. The normalized spacial score (nSPS) is 30.0. The largest absolute Gasteiger partial charge is 0.462 e. The first-order chi connectivity index (χ1) is 25.1. The van der Waals surface area contributed by atoms with Crippen LogP contribution in [0.1, 0.15) is 93.2 Å². The van der Waals surface area contributed by atoms with Crippen molar-refractivity contribution in [3.05, 3.63) is 59.2 Å². The van der Waals surface area contributed by atoms with Gasteiger partial charge in [0.05, 0.1) is 11.5 Å². The van der Waals surface area contributed by atoms with Crippen LogP contribution in [-0.2, 0) is 57.2 Å². The first-order valence-corrected chi connectivity index (χ1v) is 18.3. The molecule has 296 valence electrons. The molecule has 0 aromatic heterocycles. The molecular formula is C41H55NO12. The van der Waals surface area contributed by atoms with Gasteiger partial charge >= 0.3 is 35.8 Å². The van der Waals surface area contributed by atoms with E-state index in [1.54, 1.807) is 19.0 Å². The summed E-state index contributed by atoms with van der Waals surface area (Å²) in [5, 5.41) is 0. The average molecular weight is 754 g/mol. The van der Waals surface area contributed by atoms with E-state index in [0.29, 0.717) is 35.1 Å². The number of esters is 6. The van der Waals surface area contributed by atoms with Crippen molar-refractivity contribution >= 4 is 35.8 Å². The van der Waals surface area contributed by atoms with Crippen LogP contribution in [0.5, 0.6) is 0 Å². The zero-order valence-corrected chi connectivity index (χ0v) is 33.3. The van der Waals surface area contributed by atoms with E-state index < -0.39 is 95.2 Å². The number of benzene rings is 1.